The molecule has 1 fully saturated rings. The lowest BCUT2D eigenvalue weighted by molar-refractivity contribution is 0.0169. The summed E-state index contributed by atoms with van der Waals surface area (Å²) in [6.07, 6.45) is 0. The summed E-state index contributed by atoms with van der Waals surface area (Å²) in [4.78, 5) is 18.5. The Kier molecular flexibility index (Phi) is 6.34. The van der Waals surface area contributed by atoms with Crippen molar-refractivity contribution in [1.29, 1.82) is 0 Å². The summed E-state index contributed by atoms with van der Waals surface area (Å²) < 4.78 is 7.55. The Balaban J connectivity index is 1.49. The van der Waals surface area contributed by atoms with Gasteiger partial charge in [-0.25, -0.2) is 0 Å². The largest absolute Gasteiger partial charge is 0.379 e. The number of amides is 1. The van der Waals surface area contributed by atoms with Crippen LogP contribution in [-0.2, 0) is 11.3 Å². The average Bonchev–Trinajstić information content (AvgIpc) is 3.42. The number of carbonyl (C=O) groups is 1. The number of morpholine rings is 1. The van der Waals surface area contributed by atoms with Gasteiger partial charge >= 0.3 is 0 Å². The highest BCUT2D eigenvalue weighted by Gasteiger charge is 2.25. The summed E-state index contributed by atoms with van der Waals surface area (Å²) >= 11 is 3.28. The summed E-state index contributed by atoms with van der Waals surface area (Å²) in [6.45, 7) is 11.1. The molecule has 0 radical (unpaired) electrons. The number of thiophene rings is 2. The van der Waals surface area contributed by atoms with E-state index in [1.165, 1.54) is 16.2 Å². The van der Waals surface area contributed by atoms with E-state index in [2.05, 4.69) is 46.7 Å². The van der Waals surface area contributed by atoms with Crippen LogP contribution < -0.4 is 5.32 Å². The third kappa shape index (κ3) is 4.55. The average molecular weight is 433 g/mol. The number of aryl methyl sites for hydroxylation is 1. The highest BCUT2D eigenvalue weighted by atomic mass is 32.1. The van der Waals surface area contributed by atoms with Gasteiger partial charge in [-0.05, 0) is 30.4 Å². The summed E-state index contributed by atoms with van der Waals surface area (Å²) in [6, 6.07) is 6.41. The normalized spacial score (nSPS) is 16.6. The minimum atomic E-state index is -0.00323. The molecule has 1 N–H and O–H groups in total. The Morgan fingerprint density at radius 3 is 2.83 bits per heavy atom. The van der Waals surface area contributed by atoms with Gasteiger partial charge in [0.15, 0.2) is 0 Å². The van der Waals surface area contributed by atoms with Crippen molar-refractivity contribution in [3.8, 4) is 0 Å². The molecule has 3 aromatic heterocycles. The van der Waals surface area contributed by atoms with E-state index in [1.807, 2.05) is 17.7 Å². The summed E-state index contributed by atoms with van der Waals surface area (Å²) in [5, 5.41) is 11.0. The first kappa shape index (κ1) is 20.5. The van der Waals surface area contributed by atoms with Crippen LogP contribution in [0.3, 0.4) is 0 Å². The van der Waals surface area contributed by atoms with Gasteiger partial charge in [-0.3, -0.25) is 14.4 Å². The smallest absolute Gasteiger partial charge is 0.261 e. The first-order valence-electron chi connectivity index (χ1n) is 10.1. The molecule has 0 saturated carbocycles. The van der Waals surface area contributed by atoms with Crippen LogP contribution in [0, 0.1) is 12.8 Å². The van der Waals surface area contributed by atoms with E-state index in [0.717, 1.165) is 53.6 Å². The first-order valence-corrected chi connectivity index (χ1v) is 11.8. The Bertz CT molecular complexity index is 955. The molecule has 1 aliphatic rings. The molecule has 0 spiro atoms. The monoisotopic (exact) mass is 432 g/mol. The number of fused-ring (bicyclic) bond motifs is 1. The van der Waals surface area contributed by atoms with Crippen molar-refractivity contribution in [2.75, 3.05) is 32.8 Å². The van der Waals surface area contributed by atoms with Gasteiger partial charge in [0.05, 0.1) is 29.8 Å². The minimum absolute atomic E-state index is 0.00323. The Hall–Kier alpha value is -1.74. The molecule has 3 aromatic rings. The van der Waals surface area contributed by atoms with Crippen LogP contribution in [0.5, 0.6) is 0 Å². The zero-order chi connectivity index (χ0) is 20.4. The van der Waals surface area contributed by atoms with E-state index in [9.17, 15) is 4.79 Å². The highest BCUT2D eigenvalue weighted by Crippen LogP contribution is 2.29. The number of nitrogens with one attached hydrogen (secondary N) is 1. The maximum Gasteiger partial charge on any atom is 0.261 e. The van der Waals surface area contributed by atoms with Gasteiger partial charge in [-0.15, -0.1) is 22.7 Å². The van der Waals surface area contributed by atoms with Gasteiger partial charge < -0.3 is 10.1 Å². The predicted octanol–water partition coefficient (Wildman–Crippen LogP) is 3.93. The number of aromatic nitrogens is 2. The molecule has 0 aromatic carbocycles. The SMILES string of the molecule is Cc1nn(CC(C)C)c2sc(C(=O)NCC(c3cccs3)N3CCOCC3)cc12. The molecule has 4 heterocycles. The molecule has 8 heteroatoms. The molecule has 1 saturated heterocycles. The fourth-order valence-corrected chi connectivity index (χ4v) is 5.70. The van der Waals surface area contributed by atoms with E-state index in [0.29, 0.717) is 12.5 Å². The molecule has 156 valence electrons. The second-order valence-electron chi connectivity index (χ2n) is 7.88. The summed E-state index contributed by atoms with van der Waals surface area (Å²) in [7, 11) is 0. The lowest BCUT2D eigenvalue weighted by atomic mass is 10.2. The Morgan fingerprint density at radius 2 is 2.14 bits per heavy atom. The van der Waals surface area contributed by atoms with Crippen LogP contribution in [0.15, 0.2) is 23.6 Å². The summed E-state index contributed by atoms with van der Waals surface area (Å²) in [5.41, 5.74) is 0.987. The lowest BCUT2D eigenvalue weighted by Gasteiger charge is -2.34. The second kappa shape index (κ2) is 8.95. The number of carbonyl (C=O) groups excluding carboxylic acids is 1. The number of rotatable bonds is 7. The quantitative estimate of drug-likeness (QED) is 0.615. The van der Waals surface area contributed by atoms with Gasteiger partial charge in [-0.1, -0.05) is 19.9 Å². The summed E-state index contributed by atoms with van der Waals surface area (Å²) in [5.74, 6) is 0.508. The zero-order valence-electron chi connectivity index (χ0n) is 17.2. The predicted molar refractivity (Wildman–Crippen MR) is 119 cm³/mol. The second-order valence-corrected chi connectivity index (χ2v) is 9.89. The number of hydrogen-bond acceptors (Lipinski definition) is 6. The lowest BCUT2D eigenvalue weighted by Crippen LogP contribution is -2.43. The standard InChI is InChI=1S/C21H28N4O2S2/c1-14(2)13-25-21-16(15(3)23-25)11-19(29-21)20(26)22-12-17(18-5-4-10-28-18)24-6-8-27-9-7-24/h4-5,10-11,14,17H,6-9,12-13H2,1-3H3,(H,22,26). The maximum absolute atomic E-state index is 12.9. The fourth-order valence-electron chi connectivity index (χ4n) is 3.75. The molecular weight excluding hydrogens is 404 g/mol. The van der Waals surface area contributed by atoms with Crippen LogP contribution in [0.1, 0.15) is 40.1 Å². The molecule has 1 atom stereocenters. The van der Waals surface area contributed by atoms with E-state index >= 15 is 0 Å². The van der Waals surface area contributed by atoms with Crippen molar-refractivity contribution in [2.45, 2.75) is 33.4 Å². The van der Waals surface area contributed by atoms with Crippen molar-refractivity contribution < 1.29 is 9.53 Å². The van der Waals surface area contributed by atoms with E-state index in [1.54, 1.807) is 11.3 Å². The molecule has 6 nitrogen and oxygen atoms in total. The van der Waals surface area contributed by atoms with Crippen LogP contribution in [0.25, 0.3) is 10.2 Å². The topological polar surface area (TPSA) is 59.4 Å². The Labute approximate surface area is 179 Å². The van der Waals surface area contributed by atoms with Crippen molar-refractivity contribution in [1.82, 2.24) is 20.0 Å². The van der Waals surface area contributed by atoms with Crippen LogP contribution in [0.4, 0.5) is 0 Å². The third-order valence-corrected chi connectivity index (χ3v) is 7.30. The van der Waals surface area contributed by atoms with Gasteiger partial charge in [0.1, 0.15) is 4.83 Å². The molecule has 4 rings (SSSR count). The molecule has 1 amide bonds. The van der Waals surface area contributed by atoms with Crippen LogP contribution >= 0.6 is 22.7 Å². The molecule has 0 aliphatic carbocycles. The van der Waals surface area contributed by atoms with Crippen LogP contribution in [-0.4, -0.2) is 53.4 Å². The molecule has 29 heavy (non-hydrogen) atoms. The third-order valence-electron chi connectivity index (χ3n) is 5.18. The van der Waals surface area contributed by atoms with Crippen molar-refractivity contribution in [2.24, 2.45) is 5.92 Å². The zero-order valence-corrected chi connectivity index (χ0v) is 18.8. The van der Waals surface area contributed by atoms with Gasteiger partial charge in [-0.2, -0.15) is 5.10 Å². The highest BCUT2D eigenvalue weighted by molar-refractivity contribution is 7.20. The van der Waals surface area contributed by atoms with E-state index in [-0.39, 0.29) is 11.9 Å². The van der Waals surface area contributed by atoms with Gasteiger partial charge in [0.25, 0.3) is 5.91 Å². The number of nitrogens with zero attached hydrogens (tertiary/aromatic N) is 3. The van der Waals surface area contributed by atoms with Crippen molar-refractivity contribution in [3.05, 3.63) is 39.0 Å². The molecular formula is C21H28N4O2S2. The molecule has 1 aliphatic heterocycles. The minimum Gasteiger partial charge on any atom is -0.379 e. The number of hydrogen-bond donors (Lipinski definition) is 1. The van der Waals surface area contributed by atoms with Gasteiger partial charge in [0.2, 0.25) is 0 Å². The molecule has 0 bridgehead atoms. The van der Waals surface area contributed by atoms with Crippen molar-refractivity contribution >= 4 is 38.8 Å². The van der Waals surface area contributed by atoms with Crippen LogP contribution in [0.2, 0.25) is 0 Å². The Morgan fingerprint density at radius 1 is 1.34 bits per heavy atom. The van der Waals surface area contributed by atoms with Gasteiger partial charge in [0, 0.05) is 36.4 Å². The fraction of sp³-hybridized carbons (Fsp3) is 0.524. The molecule has 1 unspecified atom stereocenters. The van der Waals surface area contributed by atoms with E-state index < -0.39 is 0 Å². The maximum atomic E-state index is 12.9. The van der Waals surface area contributed by atoms with Crippen molar-refractivity contribution in [3.63, 3.8) is 0 Å². The number of ether oxygens (including phenoxy) is 1. The first-order chi connectivity index (χ1) is 14.0. The van der Waals surface area contributed by atoms with E-state index in [4.69, 9.17) is 4.74 Å².